The second-order valence-electron chi connectivity index (χ2n) is 5.07. The normalized spacial score (nSPS) is 24.7. The highest BCUT2D eigenvalue weighted by molar-refractivity contribution is 5.83. The Labute approximate surface area is 107 Å². The van der Waals surface area contributed by atoms with Crippen LogP contribution in [0.25, 0.3) is 0 Å². The quantitative estimate of drug-likeness (QED) is 0.722. The molecule has 2 aliphatic heterocycles. The van der Waals surface area contributed by atoms with Crippen LogP contribution in [-0.4, -0.2) is 52.6 Å². The van der Waals surface area contributed by atoms with Crippen LogP contribution in [-0.2, 0) is 4.79 Å². The number of rotatable bonds is 1. The summed E-state index contributed by atoms with van der Waals surface area (Å²) in [5.74, 6) is -0.883. The zero-order valence-corrected chi connectivity index (χ0v) is 10.8. The van der Waals surface area contributed by atoms with Gasteiger partial charge in [-0.05, 0) is 32.6 Å². The lowest BCUT2D eigenvalue weighted by molar-refractivity contribution is -0.143. The summed E-state index contributed by atoms with van der Waals surface area (Å²) in [4.78, 5) is 26.8. The summed E-state index contributed by atoms with van der Waals surface area (Å²) in [5, 5.41) is 9.17. The van der Waals surface area contributed by atoms with Crippen molar-refractivity contribution in [2.24, 2.45) is 0 Å². The van der Waals surface area contributed by atoms with Crippen LogP contribution in [0.1, 0.15) is 32.6 Å². The number of urea groups is 1. The SMILES string of the molecule is CC1=CCN(C(=O)N2CCCCC2C(=O)O)CC1. The summed E-state index contributed by atoms with van der Waals surface area (Å²) < 4.78 is 0. The fourth-order valence-electron chi connectivity index (χ4n) is 2.54. The predicted octanol–water partition coefficient (Wildman–Crippen LogP) is 1.70. The molecule has 2 heterocycles. The van der Waals surface area contributed by atoms with Crippen LogP contribution >= 0.6 is 0 Å². The van der Waals surface area contributed by atoms with Crippen LogP contribution < -0.4 is 0 Å². The number of hydrogen-bond donors (Lipinski definition) is 1. The third-order valence-electron chi connectivity index (χ3n) is 3.74. The highest BCUT2D eigenvalue weighted by Crippen LogP contribution is 2.20. The minimum atomic E-state index is -0.883. The van der Waals surface area contributed by atoms with Crippen LogP contribution in [0.2, 0.25) is 0 Å². The monoisotopic (exact) mass is 252 g/mol. The van der Waals surface area contributed by atoms with Crippen molar-refractivity contribution in [2.75, 3.05) is 19.6 Å². The van der Waals surface area contributed by atoms with Gasteiger partial charge in [0.25, 0.3) is 0 Å². The minimum absolute atomic E-state index is 0.120. The highest BCUT2D eigenvalue weighted by Gasteiger charge is 2.34. The second-order valence-corrected chi connectivity index (χ2v) is 5.07. The van der Waals surface area contributed by atoms with Gasteiger partial charge >= 0.3 is 12.0 Å². The van der Waals surface area contributed by atoms with E-state index in [1.807, 2.05) is 6.08 Å². The fraction of sp³-hybridized carbons (Fsp3) is 0.692. The Bertz CT molecular complexity index is 378. The molecule has 0 radical (unpaired) electrons. The van der Waals surface area contributed by atoms with Gasteiger partial charge in [-0.1, -0.05) is 11.6 Å². The first-order valence-electron chi connectivity index (χ1n) is 6.53. The molecule has 1 fully saturated rings. The van der Waals surface area contributed by atoms with Crippen molar-refractivity contribution < 1.29 is 14.7 Å². The van der Waals surface area contributed by atoms with Gasteiger partial charge in [-0.15, -0.1) is 0 Å². The minimum Gasteiger partial charge on any atom is -0.480 e. The van der Waals surface area contributed by atoms with Gasteiger partial charge in [0.1, 0.15) is 6.04 Å². The third kappa shape index (κ3) is 2.66. The maximum Gasteiger partial charge on any atom is 0.326 e. The van der Waals surface area contributed by atoms with Crippen LogP contribution in [0, 0.1) is 0 Å². The van der Waals surface area contributed by atoms with Crippen LogP contribution in [0.4, 0.5) is 4.79 Å². The van der Waals surface area contributed by atoms with E-state index in [2.05, 4.69) is 6.92 Å². The number of hydrogen-bond acceptors (Lipinski definition) is 2. The van der Waals surface area contributed by atoms with E-state index in [0.717, 1.165) is 19.3 Å². The highest BCUT2D eigenvalue weighted by atomic mass is 16.4. The maximum atomic E-state index is 12.3. The molecule has 1 N–H and O–H groups in total. The molecule has 0 aliphatic carbocycles. The number of carbonyl (C=O) groups is 2. The van der Waals surface area contributed by atoms with Gasteiger partial charge in [-0.25, -0.2) is 9.59 Å². The summed E-state index contributed by atoms with van der Waals surface area (Å²) in [6.07, 6.45) is 5.29. The van der Waals surface area contributed by atoms with Gasteiger partial charge in [0.15, 0.2) is 0 Å². The molecule has 18 heavy (non-hydrogen) atoms. The van der Waals surface area contributed by atoms with E-state index in [9.17, 15) is 14.7 Å². The van der Waals surface area contributed by atoms with E-state index < -0.39 is 12.0 Å². The Balaban J connectivity index is 2.04. The molecule has 5 nitrogen and oxygen atoms in total. The Morgan fingerprint density at radius 2 is 2.11 bits per heavy atom. The van der Waals surface area contributed by atoms with Gasteiger partial charge in [-0.3, -0.25) is 0 Å². The van der Waals surface area contributed by atoms with Gasteiger partial charge in [0, 0.05) is 19.6 Å². The summed E-state index contributed by atoms with van der Waals surface area (Å²) in [7, 11) is 0. The topological polar surface area (TPSA) is 60.9 Å². The lowest BCUT2D eigenvalue weighted by Crippen LogP contribution is -2.53. The summed E-state index contributed by atoms with van der Waals surface area (Å²) in [5.41, 5.74) is 1.30. The standard InChI is InChI=1S/C13H20N2O3/c1-10-5-8-14(9-6-10)13(18)15-7-3-2-4-11(15)12(16)17/h5,11H,2-4,6-9H2,1H3,(H,16,17). The second kappa shape index (κ2) is 5.42. The van der Waals surface area contributed by atoms with E-state index >= 15 is 0 Å². The van der Waals surface area contributed by atoms with E-state index in [4.69, 9.17) is 0 Å². The first kappa shape index (κ1) is 12.9. The van der Waals surface area contributed by atoms with Crippen LogP contribution in [0.15, 0.2) is 11.6 Å². The molecular formula is C13H20N2O3. The molecule has 1 unspecified atom stereocenters. The zero-order valence-electron chi connectivity index (χ0n) is 10.8. The first-order valence-corrected chi connectivity index (χ1v) is 6.53. The maximum absolute atomic E-state index is 12.3. The van der Waals surface area contributed by atoms with Gasteiger partial charge in [0.2, 0.25) is 0 Å². The summed E-state index contributed by atoms with van der Waals surface area (Å²) in [6.45, 7) is 3.93. The molecule has 0 bridgehead atoms. The van der Waals surface area contributed by atoms with Gasteiger partial charge < -0.3 is 14.9 Å². The van der Waals surface area contributed by atoms with E-state index in [0.29, 0.717) is 26.1 Å². The number of carboxylic acid groups (broad SMARTS) is 1. The Hall–Kier alpha value is -1.52. The molecule has 0 aromatic rings. The molecule has 2 rings (SSSR count). The lowest BCUT2D eigenvalue weighted by atomic mass is 10.0. The number of carbonyl (C=O) groups excluding carboxylic acids is 1. The molecule has 2 aliphatic rings. The molecular weight excluding hydrogens is 232 g/mol. The number of piperidine rings is 1. The smallest absolute Gasteiger partial charge is 0.326 e. The average molecular weight is 252 g/mol. The van der Waals surface area contributed by atoms with E-state index in [1.165, 1.54) is 10.5 Å². The van der Waals surface area contributed by atoms with Crippen molar-refractivity contribution in [1.29, 1.82) is 0 Å². The number of carboxylic acids is 1. The molecule has 1 atom stereocenters. The number of nitrogens with zero attached hydrogens (tertiary/aromatic N) is 2. The van der Waals surface area contributed by atoms with Crippen LogP contribution in [0.5, 0.6) is 0 Å². The lowest BCUT2D eigenvalue weighted by Gasteiger charge is -2.37. The molecule has 1 saturated heterocycles. The average Bonchev–Trinajstić information content (AvgIpc) is 2.39. The van der Waals surface area contributed by atoms with Crippen molar-refractivity contribution in [2.45, 2.75) is 38.6 Å². The molecule has 0 aromatic heterocycles. The Kier molecular flexibility index (Phi) is 3.89. The Morgan fingerprint density at radius 1 is 1.33 bits per heavy atom. The van der Waals surface area contributed by atoms with Crippen molar-refractivity contribution in [3.63, 3.8) is 0 Å². The molecule has 2 amide bonds. The summed E-state index contributed by atoms with van der Waals surface area (Å²) >= 11 is 0. The zero-order chi connectivity index (χ0) is 13.1. The van der Waals surface area contributed by atoms with Gasteiger partial charge in [0.05, 0.1) is 0 Å². The third-order valence-corrected chi connectivity index (χ3v) is 3.74. The first-order chi connectivity index (χ1) is 8.59. The van der Waals surface area contributed by atoms with Gasteiger partial charge in [-0.2, -0.15) is 0 Å². The molecule has 100 valence electrons. The van der Waals surface area contributed by atoms with Crippen LogP contribution in [0.3, 0.4) is 0 Å². The van der Waals surface area contributed by atoms with E-state index in [-0.39, 0.29) is 6.03 Å². The number of aliphatic carboxylic acids is 1. The largest absolute Gasteiger partial charge is 0.480 e. The van der Waals surface area contributed by atoms with Crippen molar-refractivity contribution in [1.82, 2.24) is 9.80 Å². The predicted molar refractivity (Wildman–Crippen MR) is 67.3 cm³/mol. The van der Waals surface area contributed by atoms with Crippen molar-refractivity contribution >= 4 is 12.0 Å². The van der Waals surface area contributed by atoms with Crippen molar-refractivity contribution in [3.8, 4) is 0 Å². The Morgan fingerprint density at radius 3 is 2.72 bits per heavy atom. The van der Waals surface area contributed by atoms with E-state index in [1.54, 1.807) is 4.90 Å². The molecule has 5 heteroatoms. The number of amides is 2. The fourth-order valence-corrected chi connectivity index (χ4v) is 2.54. The van der Waals surface area contributed by atoms with Crippen molar-refractivity contribution in [3.05, 3.63) is 11.6 Å². The summed E-state index contributed by atoms with van der Waals surface area (Å²) in [6, 6.07) is -0.760. The molecule has 0 saturated carbocycles. The number of likely N-dealkylation sites (tertiary alicyclic amines) is 1. The molecule has 0 aromatic carbocycles. The molecule has 0 spiro atoms.